The fourth-order valence-electron chi connectivity index (χ4n) is 1.88. The average Bonchev–Trinajstić information content (AvgIpc) is 2.02. The van der Waals surface area contributed by atoms with Gasteiger partial charge in [0.2, 0.25) is 0 Å². The summed E-state index contributed by atoms with van der Waals surface area (Å²) in [6, 6.07) is 0.0565. The Morgan fingerprint density at radius 1 is 1.46 bits per heavy atom. The van der Waals surface area contributed by atoms with Gasteiger partial charge in [-0.2, -0.15) is 0 Å². The molecule has 1 saturated heterocycles. The van der Waals surface area contributed by atoms with Crippen LogP contribution in [0.4, 0.5) is 0 Å². The highest BCUT2D eigenvalue weighted by Gasteiger charge is 2.37. The predicted molar refractivity (Wildman–Crippen MR) is 49.4 cm³/mol. The molecule has 0 spiro atoms. The zero-order valence-electron chi connectivity index (χ0n) is 7.39. The van der Waals surface area contributed by atoms with E-state index in [4.69, 9.17) is 5.11 Å². The lowest BCUT2D eigenvalue weighted by Gasteiger charge is -2.42. The molecular weight excluding hydrogens is 166 g/mol. The van der Waals surface area contributed by atoms with E-state index in [0.29, 0.717) is 6.04 Å². The maximum absolute atomic E-state index is 10.8. The van der Waals surface area contributed by atoms with Crippen molar-refractivity contribution in [3.05, 3.63) is 24.3 Å². The monoisotopic (exact) mass is 179 g/mol. The first kappa shape index (κ1) is 8.51. The van der Waals surface area contributed by atoms with Crippen LogP contribution in [0.5, 0.6) is 0 Å². The number of aliphatic carboxylic acids is 1. The second kappa shape index (κ2) is 3.34. The van der Waals surface area contributed by atoms with Gasteiger partial charge in [0, 0.05) is 12.6 Å². The minimum Gasteiger partial charge on any atom is -0.480 e. The molecule has 1 aliphatic heterocycles. The van der Waals surface area contributed by atoms with Crippen LogP contribution in [-0.4, -0.2) is 34.6 Å². The summed E-state index contributed by atoms with van der Waals surface area (Å²) in [5.74, 6) is -0.686. The highest BCUT2D eigenvalue weighted by atomic mass is 16.4. The third-order valence-corrected chi connectivity index (χ3v) is 2.73. The van der Waals surface area contributed by atoms with Gasteiger partial charge in [-0.1, -0.05) is 24.3 Å². The lowest BCUT2D eigenvalue weighted by Crippen LogP contribution is -2.56. The number of carboxylic acids is 1. The zero-order chi connectivity index (χ0) is 9.26. The second-order valence-corrected chi connectivity index (χ2v) is 3.50. The lowest BCUT2D eigenvalue weighted by atomic mass is 9.96. The maximum Gasteiger partial charge on any atom is 0.320 e. The van der Waals surface area contributed by atoms with Gasteiger partial charge in [0.1, 0.15) is 6.04 Å². The standard InChI is InChI=1S/C10H13NO2/c12-10(13)9-6-7-11(9)8-4-2-1-3-5-8/h1-4,8-9H,5-7H2,(H,12,13)/t8-,9+/m1/s1. The van der Waals surface area contributed by atoms with Crippen molar-refractivity contribution in [2.45, 2.75) is 24.9 Å². The van der Waals surface area contributed by atoms with Gasteiger partial charge >= 0.3 is 5.97 Å². The van der Waals surface area contributed by atoms with Gasteiger partial charge in [0.15, 0.2) is 0 Å². The fourth-order valence-corrected chi connectivity index (χ4v) is 1.88. The summed E-state index contributed by atoms with van der Waals surface area (Å²) in [7, 11) is 0. The zero-order valence-corrected chi connectivity index (χ0v) is 7.39. The highest BCUT2D eigenvalue weighted by Crippen LogP contribution is 2.24. The summed E-state index contributed by atoms with van der Waals surface area (Å²) in [5, 5.41) is 8.85. The normalized spacial score (nSPS) is 32.9. The maximum atomic E-state index is 10.8. The Kier molecular flexibility index (Phi) is 2.19. The molecule has 70 valence electrons. The molecule has 3 nitrogen and oxygen atoms in total. The third kappa shape index (κ3) is 1.52. The van der Waals surface area contributed by atoms with Crippen LogP contribution in [0.3, 0.4) is 0 Å². The SMILES string of the molecule is O=C(O)[C@@H]1CCN1[C@@H]1C=CC=CC1. The first-order valence-electron chi connectivity index (χ1n) is 4.61. The summed E-state index contributed by atoms with van der Waals surface area (Å²) in [4.78, 5) is 12.8. The van der Waals surface area contributed by atoms with Gasteiger partial charge in [-0.25, -0.2) is 0 Å². The van der Waals surface area contributed by atoms with Crippen LogP contribution in [0.1, 0.15) is 12.8 Å². The van der Waals surface area contributed by atoms with E-state index in [2.05, 4.69) is 12.2 Å². The predicted octanol–water partition coefficient (Wildman–Crippen LogP) is 1.03. The van der Waals surface area contributed by atoms with E-state index in [0.717, 1.165) is 19.4 Å². The average molecular weight is 179 g/mol. The highest BCUT2D eigenvalue weighted by molar-refractivity contribution is 5.74. The second-order valence-electron chi connectivity index (χ2n) is 3.50. The minimum absolute atomic E-state index is 0.249. The molecule has 13 heavy (non-hydrogen) atoms. The van der Waals surface area contributed by atoms with E-state index in [1.165, 1.54) is 0 Å². The summed E-state index contributed by atoms with van der Waals surface area (Å²) in [5.41, 5.74) is 0. The number of carbonyl (C=O) groups is 1. The molecule has 0 unspecified atom stereocenters. The molecule has 0 saturated carbocycles. The molecule has 0 aromatic heterocycles. The minimum atomic E-state index is -0.686. The Balaban J connectivity index is 1.98. The topological polar surface area (TPSA) is 40.5 Å². The number of allylic oxidation sites excluding steroid dienone is 2. The van der Waals surface area contributed by atoms with Crippen LogP contribution in [0.15, 0.2) is 24.3 Å². The van der Waals surface area contributed by atoms with Crippen LogP contribution in [0, 0.1) is 0 Å². The summed E-state index contributed by atoms with van der Waals surface area (Å²) >= 11 is 0. The van der Waals surface area contributed by atoms with Crippen LogP contribution in [0.25, 0.3) is 0 Å². The molecule has 0 radical (unpaired) electrons. The number of hydrogen-bond acceptors (Lipinski definition) is 2. The first-order valence-corrected chi connectivity index (χ1v) is 4.61. The molecular formula is C10H13NO2. The van der Waals surface area contributed by atoms with Crippen molar-refractivity contribution >= 4 is 5.97 Å². The molecule has 1 heterocycles. The number of rotatable bonds is 2. The lowest BCUT2D eigenvalue weighted by molar-refractivity contribution is -0.149. The van der Waals surface area contributed by atoms with E-state index in [1.54, 1.807) is 0 Å². The van der Waals surface area contributed by atoms with Gasteiger partial charge in [-0.3, -0.25) is 9.69 Å². The van der Waals surface area contributed by atoms with Crippen molar-refractivity contribution in [1.29, 1.82) is 0 Å². The van der Waals surface area contributed by atoms with Crippen molar-refractivity contribution in [3.63, 3.8) is 0 Å². The summed E-state index contributed by atoms with van der Waals surface area (Å²) < 4.78 is 0. The Labute approximate surface area is 77.3 Å². The van der Waals surface area contributed by atoms with Crippen molar-refractivity contribution in [1.82, 2.24) is 4.90 Å². The Morgan fingerprint density at radius 3 is 2.77 bits per heavy atom. The first-order chi connectivity index (χ1) is 6.29. The van der Waals surface area contributed by atoms with E-state index in [9.17, 15) is 4.79 Å². The molecule has 2 rings (SSSR count). The van der Waals surface area contributed by atoms with Crippen LogP contribution >= 0.6 is 0 Å². The van der Waals surface area contributed by atoms with Gasteiger partial charge in [-0.15, -0.1) is 0 Å². The van der Waals surface area contributed by atoms with Crippen molar-refractivity contribution < 1.29 is 9.90 Å². The largest absolute Gasteiger partial charge is 0.480 e. The molecule has 1 fully saturated rings. The molecule has 1 aliphatic carbocycles. The van der Waals surface area contributed by atoms with Gasteiger partial charge in [-0.05, 0) is 12.8 Å². The number of carboxylic acid groups (broad SMARTS) is 1. The van der Waals surface area contributed by atoms with Crippen molar-refractivity contribution in [3.8, 4) is 0 Å². The molecule has 0 bridgehead atoms. The quantitative estimate of drug-likeness (QED) is 0.688. The third-order valence-electron chi connectivity index (χ3n) is 2.73. The molecule has 1 N–H and O–H groups in total. The van der Waals surface area contributed by atoms with E-state index < -0.39 is 5.97 Å². The van der Waals surface area contributed by atoms with E-state index in [1.807, 2.05) is 17.1 Å². The Bertz CT molecular complexity index is 270. The molecule has 0 amide bonds. The smallest absolute Gasteiger partial charge is 0.320 e. The van der Waals surface area contributed by atoms with Gasteiger partial charge in [0.25, 0.3) is 0 Å². The van der Waals surface area contributed by atoms with Crippen LogP contribution < -0.4 is 0 Å². The van der Waals surface area contributed by atoms with Gasteiger partial charge < -0.3 is 5.11 Å². The van der Waals surface area contributed by atoms with Gasteiger partial charge in [0.05, 0.1) is 0 Å². The number of likely N-dealkylation sites (tertiary alicyclic amines) is 1. The molecule has 2 atom stereocenters. The molecule has 2 aliphatic rings. The van der Waals surface area contributed by atoms with Crippen LogP contribution in [0.2, 0.25) is 0 Å². The Morgan fingerprint density at radius 2 is 2.31 bits per heavy atom. The van der Waals surface area contributed by atoms with E-state index in [-0.39, 0.29) is 6.04 Å². The van der Waals surface area contributed by atoms with Crippen molar-refractivity contribution in [2.75, 3.05) is 6.54 Å². The molecule has 3 heteroatoms. The van der Waals surface area contributed by atoms with E-state index >= 15 is 0 Å². The summed E-state index contributed by atoms with van der Waals surface area (Å²) in [6.07, 6.45) is 9.90. The molecule has 0 aromatic carbocycles. The summed E-state index contributed by atoms with van der Waals surface area (Å²) in [6.45, 7) is 0.916. The Hall–Kier alpha value is -1.09. The fraction of sp³-hybridized carbons (Fsp3) is 0.500. The number of nitrogens with zero attached hydrogens (tertiary/aromatic N) is 1. The van der Waals surface area contributed by atoms with Crippen LogP contribution in [-0.2, 0) is 4.79 Å². The van der Waals surface area contributed by atoms with Crippen molar-refractivity contribution in [2.24, 2.45) is 0 Å². The molecule has 0 aromatic rings. The number of hydrogen-bond donors (Lipinski definition) is 1.